The minimum Gasteiger partial charge on any atom is -0.348 e. The Kier molecular flexibility index (Phi) is 3.11. The molecule has 4 heterocycles. The van der Waals surface area contributed by atoms with Gasteiger partial charge in [0, 0.05) is 38.4 Å². The zero-order valence-corrected chi connectivity index (χ0v) is 12.8. The standard InChI is InChI=1S/C15H19FN6/c1-10-18-19-14(20(10)2)9-21-7-12-6-11(21)8-22(12)15-13(16)4-3-5-17-15/h3-5,11-12H,6-9H2,1-2H3. The molecule has 0 spiro atoms. The van der Waals surface area contributed by atoms with E-state index in [1.807, 2.05) is 18.5 Å². The first kappa shape index (κ1) is 13.6. The zero-order chi connectivity index (χ0) is 15.3. The molecule has 0 radical (unpaired) electrons. The number of fused-ring (bicyclic) bond motifs is 2. The number of nitrogens with zero attached hydrogens (tertiary/aromatic N) is 6. The van der Waals surface area contributed by atoms with Crippen LogP contribution in [0.4, 0.5) is 10.2 Å². The number of halogens is 1. The van der Waals surface area contributed by atoms with Crippen molar-refractivity contribution in [3.63, 3.8) is 0 Å². The molecule has 0 aliphatic carbocycles. The summed E-state index contributed by atoms with van der Waals surface area (Å²) in [6.45, 7) is 4.51. The van der Waals surface area contributed by atoms with Crippen LogP contribution >= 0.6 is 0 Å². The van der Waals surface area contributed by atoms with Gasteiger partial charge < -0.3 is 9.47 Å². The van der Waals surface area contributed by atoms with Crippen LogP contribution in [0, 0.1) is 12.7 Å². The van der Waals surface area contributed by atoms with Crippen LogP contribution in [0.2, 0.25) is 0 Å². The van der Waals surface area contributed by atoms with E-state index in [1.165, 1.54) is 6.07 Å². The number of aryl methyl sites for hydroxylation is 1. The highest BCUT2D eigenvalue weighted by molar-refractivity contribution is 5.44. The zero-order valence-electron chi connectivity index (χ0n) is 12.8. The van der Waals surface area contributed by atoms with Crippen molar-refractivity contribution < 1.29 is 4.39 Å². The highest BCUT2D eigenvalue weighted by Gasteiger charge is 2.44. The number of anilines is 1. The molecule has 2 saturated heterocycles. The molecule has 0 N–H and O–H groups in total. The Morgan fingerprint density at radius 1 is 1.27 bits per heavy atom. The van der Waals surface area contributed by atoms with Gasteiger partial charge in [0.2, 0.25) is 0 Å². The van der Waals surface area contributed by atoms with Gasteiger partial charge in [-0.2, -0.15) is 0 Å². The summed E-state index contributed by atoms with van der Waals surface area (Å²) in [5, 5.41) is 8.35. The second kappa shape index (κ2) is 5.01. The molecule has 2 aliphatic heterocycles. The minimum atomic E-state index is -0.231. The summed E-state index contributed by atoms with van der Waals surface area (Å²) in [5.41, 5.74) is 0. The fourth-order valence-corrected chi connectivity index (χ4v) is 3.56. The van der Waals surface area contributed by atoms with Crippen LogP contribution in [0.15, 0.2) is 18.3 Å². The molecule has 22 heavy (non-hydrogen) atoms. The summed E-state index contributed by atoms with van der Waals surface area (Å²) >= 11 is 0. The van der Waals surface area contributed by atoms with Crippen LogP contribution in [-0.2, 0) is 13.6 Å². The summed E-state index contributed by atoms with van der Waals surface area (Å²) in [6, 6.07) is 3.89. The Balaban J connectivity index is 1.48. The van der Waals surface area contributed by atoms with Crippen LogP contribution in [0.25, 0.3) is 0 Å². The van der Waals surface area contributed by atoms with Gasteiger partial charge in [-0.25, -0.2) is 9.37 Å². The highest BCUT2D eigenvalue weighted by Crippen LogP contribution is 2.35. The van der Waals surface area contributed by atoms with E-state index in [2.05, 4.69) is 25.0 Å². The van der Waals surface area contributed by atoms with Gasteiger partial charge in [-0.05, 0) is 25.5 Å². The second-order valence-electron chi connectivity index (χ2n) is 6.16. The number of piperazine rings is 1. The molecule has 2 unspecified atom stereocenters. The predicted octanol–water partition coefficient (Wildman–Crippen LogP) is 1.12. The van der Waals surface area contributed by atoms with Crippen molar-refractivity contribution in [2.45, 2.75) is 32.0 Å². The summed E-state index contributed by atoms with van der Waals surface area (Å²) in [5.74, 6) is 2.17. The third-order valence-electron chi connectivity index (χ3n) is 4.89. The Bertz CT molecular complexity index is 699. The van der Waals surface area contributed by atoms with Gasteiger partial charge in [-0.3, -0.25) is 4.90 Å². The minimum absolute atomic E-state index is 0.231. The molecule has 116 valence electrons. The van der Waals surface area contributed by atoms with E-state index in [0.29, 0.717) is 17.9 Å². The van der Waals surface area contributed by atoms with Gasteiger partial charge in [-0.1, -0.05) is 0 Å². The van der Waals surface area contributed by atoms with Gasteiger partial charge >= 0.3 is 0 Å². The normalized spacial score (nSPS) is 24.4. The lowest BCUT2D eigenvalue weighted by Crippen LogP contribution is -2.46. The van der Waals surface area contributed by atoms with Gasteiger partial charge in [0.15, 0.2) is 11.6 Å². The van der Waals surface area contributed by atoms with E-state index >= 15 is 0 Å². The van der Waals surface area contributed by atoms with Gasteiger partial charge in [0.1, 0.15) is 11.6 Å². The van der Waals surface area contributed by atoms with Crippen LogP contribution in [0.5, 0.6) is 0 Å². The molecule has 2 bridgehead atoms. The van der Waals surface area contributed by atoms with E-state index in [0.717, 1.165) is 37.7 Å². The number of hydrogen-bond donors (Lipinski definition) is 0. The maximum absolute atomic E-state index is 13.9. The predicted molar refractivity (Wildman–Crippen MR) is 79.9 cm³/mol. The van der Waals surface area contributed by atoms with Crippen molar-refractivity contribution in [1.82, 2.24) is 24.6 Å². The van der Waals surface area contributed by atoms with Crippen LogP contribution < -0.4 is 4.90 Å². The molecule has 0 saturated carbocycles. The third-order valence-corrected chi connectivity index (χ3v) is 4.89. The first-order valence-electron chi connectivity index (χ1n) is 7.59. The third kappa shape index (κ3) is 2.08. The smallest absolute Gasteiger partial charge is 0.165 e. The van der Waals surface area contributed by atoms with Crippen molar-refractivity contribution in [2.75, 3.05) is 18.0 Å². The molecule has 2 atom stereocenters. The molecular formula is C15H19FN6. The van der Waals surface area contributed by atoms with E-state index in [9.17, 15) is 4.39 Å². The summed E-state index contributed by atoms with van der Waals surface area (Å²) < 4.78 is 16.0. The van der Waals surface area contributed by atoms with E-state index in [1.54, 1.807) is 12.3 Å². The maximum atomic E-state index is 13.9. The quantitative estimate of drug-likeness (QED) is 0.850. The Hall–Kier alpha value is -2.02. The highest BCUT2D eigenvalue weighted by atomic mass is 19.1. The lowest BCUT2D eigenvalue weighted by atomic mass is 10.2. The summed E-state index contributed by atoms with van der Waals surface area (Å²) in [7, 11) is 1.99. The van der Waals surface area contributed by atoms with Gasteiger partial charge in [0.05, 0.1) is 6.54 Å². The van der Waals surface area contributed by atoms with E-state index in [-0.39, 0.29) is 5.82 Å². The molecule has 2 aromatic heterocycles. The summed E-state index contributed by atoms with van der Waals surface area (Å²) in [4.78, 5) is 8.74. The topological polar surface area (TPSA) is 50.1 Å². The van der Waals surface area contributed by atoms with Crippen molar-refractivity contribution >= 4 is 5.82 Å². The van der Waals surface area contributed by atoms with Crippen molar-refractivity contribution in [3.05, 3.63) is 35.8 Å². The second-order valence-corrected chi connectivity index (χ2v) is 6.16. The number of likely N-dealkylation sites (tertiary alicyclic amines) is 1. The molecule has 2 aromatic rings. The van der Waals surface area contributed by atoms with Crippen LogP contribution in [-0.4, -0.2) is 49.8 Å². The SMILES string of the molecule is Cc1nnc(CN2CC3CC2CN3c2ncccc2F)n1C. The van der Waals surface area contributed by atoms with Crippen LogP contribution in [0.1, 0.15) is 18.1 Å². The Labute approximate surface area is 128 Å². The first-order valence-corrected chi connectivity index (χ1v) is 7.59. The molecular weight excluding hydrogens is 283 g/mol. The molecule has 4 rings (SSSR count). The number of pyridine rings is 1. The molecule has 0 aromatic carbocycles. The van der Waals surface area contributed by atoms with Crippen molar-refractivity contribution in [3.8, 4) is 0 Å². The number of rotatable bonds is 3. The van der Waals surface area contributed by atoms with E-state index < -0.39 is 0 Å². The summed E-state index contributed by atoms with van der Waals surface area (Å²) in [6.07, 6.45) is 2.72. The average molecular weight is 302 g/mol. The number of aromatic nitrogens is 4. The average Bonchev–Trinajstić information content (AvgIpc) is 3.18. The van der Waals surface area contributed by atoms with Crippen molar-refractivity contribution in [1.29, 1.82) is 0 Å². The van der Waals surface area contributed by atoms with Crippen molar-refractivity contribution in [2.24, 2.45) is 7.05 Å². The first-order chi connectivity index (χ1) is 10.6. The number of hydrogen-bond acceptors (Lipinski definition) is 5. The Morgan fingerprint density at radius 3 is 2.77 bits per heavy atom. The molecule has 0 amide bonds. The van der Waals surface area contributed by atoms with Gasteiger partial charge in [-0.15, -0.1) is 10.2 Å². The largest absolute Gasteiger partial charge is 0.348 e. The van der Waals surface area contributed by atoms with Gasteiger partial charge in [0.25, 0.3) is 0 Å². The van der Waals surface area contributed by atoms with Crippen LogP contribution in [0.3, 0.4) is 0 Å². The Morgan fingerprint density at radius 2 is 2.14 bits per heavy atom. The van der Waals surface area contributed by atoms with E-state index in [4.69, 9.17) is 0 Å². The molecule has 6 nitrogen and oxygen atoms in total. The molecule has 2 aliphatic rings. The lowest BCUT2D eigenvalue weighted by Gasteiger charge is -2.34. The molecule has 2 fully saturated rings. The molecule has 7 heteroatoms. The maximum Gasteiger partial charge on any atom is 0.165 e. The fourth-order valence-electron chi connectivity index (χ4n) is 3.56. The lowest BCUT2D eigenvalue weighted by molar-refractivity contribution is 0.221. The monoisotopic (exact) mass is 302 g/mol. The fraction of sp³-hybridized carbons (Fsp3) is 0.533.